The number of aromatic carboxylic acids is 1. The number of alkyl halides is 2. The van der Waals surface area contributed by atoms with Gasteiger partial charge in [-0.15, -0.1) is 11.3 Å². The van der Waals surface area contributed by atoms with Crippen LogP contribution in [0.4, 0.5) is 8.78 Å². The molecule has 0 atom stereocenters. The van der Waals surface area contributed by atoms with Crippen molar-refractivity contribution in [3.8, 4) is 0 Å². The number of carbonyl (C=O) groups excluding carboxylic acids is 1. The molecule has 0 bridgehead atoms. The molecule has 1 aromatic rings. The molecule has 0 aliphatic rings. The number of aliphatic hydroxyl groups is 1. The molecule has 0 aliphatic carbocycles. The zero-order chi connectivity index (χ0) is 13.7. The number of amides is 1. The van der Waals surface area contributed by atoms with Crippen LogP contribution in [-0.2, 0) is 0 Å². The van der Waals surface area contributed by atoms with Crippen molar-refractivity contribution in [2.75, 3.05) is 19.7 Å². The molecule has 6 nitrogen and oxygen atoms in total. The molecule has 0 saturated carbocycles. The Morgan fingerprint density at radius 3 is 2.61 bits per heavy atom. The number of carboxylic acids is 1. The van der Waals surface area contributed by atoms with Gasteiger partial charge in [0.1, 0.15) is 0 Å². The number of aliphatic hydroxyl groups excluding tert-OH is 1. The highest BCUT2D eigenvalue weighted by Gasteiger charge is 2.23. The van der Waals surface area contributed by atoms with Crippen LogP contribution in [0.1, 0.15) is 20.3 Å². The van der Waals surface area contributed by atoms with Gasteiger partial charge in [0.2, 0.25) is 0 Å². The van der Waals surface area contributed by atoms with Gasteiger partial charge in [0.25, 0.3) is 12.3 Å². The van der Waals surface area contributed by atoms with Gasteiger partial charge >= 0.3 is 5.97 Å². The van der Waals surface area contributed by atoms with Gasteiger partial charge in [0.05, 0.1) is 13.2 Å². The zero-order valence-electron chi connectivity index (χ0n) is 9.05. The van der Waals surface area contributed by atoms with E-state index in [4.69, 9.17) is 10.2 Å². The summed E-state index contributed by atoms with van der Waals surface area (Å²) in [4.78, 5) is 26.6. The van der Waals surface area contributed by atoms with Gasteiger partial charge < -0.3 is 15.1 Å². The normalized spacial score (nSPS) is 10.7. The highest BCUT2D eigenvalue weighted by Crippen LogP contribution is 2.13. The summed E-state index contributed by atoms with van der Waals surface area (Å²) >= 11 is 0.758. The number of rotatable bonds is 6. The van der Waals surface area contributed by atoms with E-state index in [0.29, 0.717) is 0 Å². The molecule has 18 heavy (non-hydrogen) atoms. The van der Waals surface area contributed by atoms with Crippen molar-refractivity contribution in [3.63, 3.8) is 0 Å². The first-order valence-electron chi connectivity index (χ1n) is 4.82. The van der Waals surface area contributed by atoms with Crippen LogP contribution in [0.5, 0.6) is 0 Å². The Kier molecular flexibility index (Phi) is 5.10. The topological polar surface area (TPSA) is 90.7 Å². The average Bonchev–Trinajstić information content (AvgIpc) is 2.76. The average molecular weight is 280 g/mol. The Morgan fingerprint density at radius 2 is 2.17 bits per heavy atom. The summed E-state index contributed by atoms with van der Waals surface area (Å²) in [6.07, 6.45) is -2.74. The number of carbonyl (C=O) groups is 2. The molecule has 0 saturated heterocycles. The third kappa shape index (κ3) is 3.70. The summed E-state index contributed by atoms with van der Waals surface area (Å²) in [5, 5.41) is 18.3. The van der Waals surface area contributed by atoms with Crippen molar-refractivity contribution in [1.29, 1.82) is 0 Å². The molecule has 100 valence electrons. The van der Waals surface area contributed by atoms with Crippen LogP contribution < -0.4 is 0 Å². The maximum absolute atomic E-state index is 12.2. The number of carboxylic acid groups (broad SMARTS) is 1. The van der Waals surface area contributed by atoms with E-state index < -0.39 is 31.5 Å². The van der Waals surface area contributed by atoms with Gasteiger partial charge in [-0.05, 0) is 0 Å². The predicted molar refractivity (Wildman–Crippen MR) is 58.1 cm³/mol. The van der Waals surface area contributed by atoms with Crippen LogP contribution in [0.25, 0.3) is 0 Å². The van der Waals surface area contributed by atoms with E-state index in [0.717, 1.165) is 21.6 Å². The number of hydrogen-bond donors (Lipinski definition) is 2. The molecule has 0 aromatic carbocycles. The molecule has 0 spiro atoms. The Labute approximate surface area is 104 Å². The Bertz CT molecular complexity index is 438. The van der Waals surface area contributed by atoms with E-state index in [1.807, 2.05) is 0 Å². The molecule has 1 heterocycles. The second-order valence-electron chi connectivity index (χ2n) is 3.21. The summed E-state index contributed by atoms with van der Waals surface area (Å²) in [6, 6.07) is 0. The summed E-state index contributed by atoms with van der Waals surface area (Å²) in [7, 11) is 0. The van der Waals surface area contributed by atoms with Crippen molar-refractivity contribution in [1.82, 2.24) is 9.88 Å². The van der Waals surface area contributed by atoms with Crippen LogP contribution >= 0.6 is 11.3 Å². The molecular formula is C9H10F2N2O4S. The number of hydrogen-bond acceptors (Lipinski definition) is 5. The molecule has 2 N–H and O–H groups in total. The fourth-order valence-electron chi connectivity index (χ4n) is 1.17. The fraction of sp³-hybridized carbons (Fsp3) is 0.444. The Morgan fingerprint density at radius 1 is 1.50 bits per heavy atom. The maximum Gasteiger partial charge on any atom is 0.355 e. The van der Waals surface area contributed by atoms with Crippen LogP contribution in [-0.4, -0.2) is 58.1 Å². The Hall–Kier alpha value is -1.61. The van der Waals surface area contributed by atoms with Crippen molar-refractivity contribution >= 4 is 23.2 Å². The standard InChI is InChI=1S/C9H10F2N2O4S/c10-6(11)3-13(1-2-14)8(15)7-12-5(4-18-7)9(16)17/h4,6,14H,1-3H2,(H,16,17). The minimum atomic E-state index is -2.74. The summed E-state index contributed by atoms with van der Waals surface area (Å²) < 4.78 is 24.5. The second kappa shape index (κ2) is 6.36. The third-order valence-electron chi connectivity index (χ3n) is 1.92. The van der Waals surface area contributed by atoms with Crippen molar-refractivity contribution in [2.45, 2.75) is 6.43 Å². The molecule has 0 unspecified atom stereocenters. The minimum Gasteiger partial charge on any atom is -0.476 e. The van der Waals surface area contributed by atoms with Gasteiger partial charge in [0.15, 0.2) is 10.7 Å². The van der Waals surface area contributed by atoms with Gasteiger partial charge in [-0.3, -0.25) is 4.79 Å². The molecule has 1 amide bonds. The maximum atomic E-state index is 12.2. The first-order chi connectivity index (χ1) is 8.45. The smallest absolute Gasteiger partial charge is 0.355 e. The minimum absolute atomic E-state index is 0.193. The van der Waals surface area contributed by atoms with Crippen molar-refractivity contribution in [2.24, 2.45) is 0 Å². The summed E-state index contributed by atoms with van der Waals surface area (Å²) in [5.41, 5.74) is -0.315. The monoisotopic (exact) mass is 280 g/mol. The second-order valence-corrected chi connectivity index (χ2v) is 4.07. The molecule has 0 fully saturated rings. The molecule has 0 aliphatic heterocycles. The fourth-order valence-corrected chi connectivity index (χ4v) is 1.93. The van der Waals surface area contributed by atoms with Crippen LogP contribution in [0, 0.1) is 0 Å². The lowest BCUT2D eigenvalue weighted by Crippen LogP contribution is -2.37. The number of aromatic nitrogens is 1. The van der Waals surface area contributed by atoms with Crippen LogP contribution in [0.2, 0.25) is 0 Å². The zero-order valence-corrected chi connectivity index (χ0v) is 9.86. The van der Waals surface area contributed by atoms with E-state index in [-0.39, 0.29) is 17.2 Å². The number of halogens is 2. The number of thiazole rings is 1. The SMILES string of the molecule is O=C(O)c1csc(C(=O)N(CCO)CC(F)F)n1. The lowest BCUT2D eigenvalue weighted by atomic mass is 10.4. The predicted octanol–water partition coefficient (Wildman–Crippen LogP) is 0.541. The summed E-state index contributed by atoms with van der Waals surface area (Å²) in [5.74, 6) is -2.12. The largest absolute Gasteiger partial charge is 0.476 e. The lowest BCUT2D eigenvalue weighted by molar-refractivity contribution is 0.0508. The van der Waals surface area contributed by atoms with Crippen LogP contribution in [0.15, 0.2) is 5.38 Å². The van der Waals surface area contributed by atoms with Gasteiger partial charge in [-0.2, -0.15) is 0 Å². The van der Waals surface area contributed by atoms with Crippen molar-refractivity contribution in [3.05, 3.63) is 16.1 Å². The molecule has 0 radical (unpaired) electrons. The van der Waals surface area contributed by atoms with Gasteiger partial charge in [-0.1, -0.05) is 0 Å². The summed E-state index contributed by atoms with van der Waals surface area (Å²) in [6.45, 7) is -1.55. The molecular weight excluding hydrogens is 270 g/mol. The molecule has 1 aromatic heterocycles. The highest BCUT2D eigenvalue weighted by atomic mass is 32.1. The molecule has 9 heteroatoms. The number of nitrogens with zero attached hydrogens (tertiary/aromatic N) is 2. The van der Waals surface area contributed by atoms with Crippen LogP contribution in [0.3, 0.4) is 0 Å². The quantitative estimate of drug-likeness (QED) is 0.793. The van der Waals surface area contributed by atoms with E-state index in [2.05, 4.69) is 4.98 Å². The van der Waals surface area contributed by atoms with E-state index in [1.165, 1.54) is 0 Å². The van der Waals surface area contributed by atoms with E-state index >= 15 is 0 Å². The van der Waals surface area contributed by atoms with E-state index in [9.17, 15) is 18.4 Å². The Balaban J connectivity index is 2.83. The van der Waals surface area contributed by atoms with E-state index in [1.54, 1.807) is 0 Å². The first kappa shape index (κ1) is 14.5. The highest BCUT2D eigenvalue weighted by molar-refractivity contribution is 7.11. The van der Waals surface area contributed by atoms with Crippen molar-refractivity contribution < 1.29 is 28.6 Å². The lowest BCUT2D eigenvalue weighted by Gasteiger charge is -2.19. The third-order valence-corrected chi connectivity index (χ3v) is 2.75. The van der Waals surface area contributed by atoms with Gasteiger partial charge in [-0.25, -0.2) is 18.6 Å². The van der Waals surface area contributed by atoms with Gasteiger partial charge in [0, 0.05) is 11.9 Å². The first-order valence-corrected chi connectivity index (χ1v) is 5.70. The molecule has 1 rings (SSSR count).